The lowest BCUT2D eigenvalue weighted by molar-refractivity contribution is -0.196. The normalized spacial score (nSPS) is 14.1. The van der Waals surface area contributed by atoms with Crippen molar-refractivity contribution in [2.24, 2.45) is 0 Å². The van der Waals surface area contributed by atoms with E-state index in [1.54, 1.807) is 0 Å². The summed E-state index contributed by atoms with van der Waals surface area (Å²) in [5.74, 6) is 0. The Morgan fingerprint density at radius 2 is 1.62 bits per heavy atom. The molecule has 0 heterocycles. The Kier molecular flexibility index (Phi) is 28.7. The number of aliphatic hydroxyl groups is 1. The first-order valence-corrected chi connectivity index (χ1v) is 15.1. The lowest BCUT2D eigenvalue weighted by Crippen LogP contribution is -2.31. The highest BCUT2D eigenvalue weighted by molar-refractivity contribution is 7.78. The molecular formula is C22H44ClN2O5P2-. The van der Waals surface area contributed by atoms with E-state index in [1.165, 1.54) is 0 Å². The average molecular weight is 514 g/mol. The van der Waals surface area contributed by atoms with E-state index in [2.05, 4.69) is 47.8 Å². The third-order valence-electron chi connectivity index (χ3n) is 3.48. The molecule has 0 rings (SSSR count). The first-order valence-electron chi connectivity index (χ1n) is 10.9. The number of aliphatic hydroxyl groups excluding tert-OH is 1. The summed E-state index contributed by atoms with van der Waals surface area (Å²) in [7, 11) is -4.56. The van der Waals surface area contributed by atoms with Crippen LogP contribution in [0.15, 0.2) is 24.3 Å². The smallest absolute Gasteiger partial charge is 0.238 e. The van der Waals surface area contributed by atoms with Gasteiger partial charge in [-0.15, -0.1) is 0 Å². The minimum absolute atomic E-state index is 0.293. The second-order valence-electron chi connectivity index (χ2n) is 7.26. The molecule has 0 saturated carbocycles. The largest absolute Gasteiger partial charge is 0.779 e. The van der Waals surface area contributed by atoms with E-state index < -0.39 is 15.2 Å². The van der Waals surface area contributed by atoms with Gasteiger partial charge in [0, 0.05) is 25.4 Å². The van der Waals surface area contributed by atoms with Crippen LogP contribution in [0.25, 0.3) is 4.85 Å². The van der Waals surface area contributed by atoms with Gasteiger partial charge in [0.25, 0.3) is 0 Å². The zero-order valence-corrected chi connectivity index (χ0v) is 23.4. The quantitative estimate of drug-likeness (QED) is 0.125. The van der Waals surface area contributed by atoms with Crippen molar-refractivity contribution < 1.29 is 23.6 Å². The molecule has 10 heteroatoms. The van der Waals surface area contributed by atoms with Crippen molar-refractivity contribution in [3.05, 3.63) is 35.7 Å². The molecule has 190 valence electrons. The molecule has 1 N–H and O–H groups in total. The summed E-state index contributed by atoms with van der Waals surface area (Å²) >= 11 is 6.14. The van der Waals surface area contributed by atoms with Gasteiger partial charge in [-0.2, -0.15) is 0 Å². The summed E-state index contributed by atoms with van der Waals surface area (Å²) < 4.78 is 22.5. The number of halogens is 1. The predicted molar refractivity (Wildman–Crippen MR) is 137 cm³/mol. The van der Waals surface area contributed by atoms with Crippen LogP contribution in [0.3, 0.4) is 0 Å². The fourth-order valence-corrected chi connectivity index (χ4v) is 4.97. The van der Waals surface area contributed by atoms with Crippen molar-refractivity contribution in [2.75, 3.05) is 33.0 Å². The van der Waals surface area contributed by atoms with Crippen LogP contribution in [0.4, 0.5) is 0 Å². The van der Waals surface area contributed by atoms with Gasteiger partial charge in [0.15, 0.2) is 0 Å². The van der Waals surface area contributed by atoms with Crippen molar-refractivity contribution >= 4 is 26.5 Å². The van der Waals surface area contributed by atoms with E-state index in [0.29, 0.717) is 38.4 Å². The molecule has 0 aromatic heterocycles. The Balaban J connectivity index is -0.000000417. The minimum atomic E-state index is -3.49. The number of rotatable bonds is 14. The van der Waals surface area contributed by atoms with E-state index in [0.717, 1.165) is 32.3 Å². The van der Waals surface area contributed by atoms with Crippen molar-refractivity contribution in [3.63, 3.8) is 0 Å². The second kappa shape index (κ2) is 25.3. The van der Waals surface area contributed by atoms with Crippen LogP contribution in [-0.2, 0) is 13.6 Å². The van der Waals surface area contributed by atoms with Crippen molar-refractivity contribution in [1.29, 1.82) is 0 Å². The van der Waals surface area contributed by atoms with Crippen LogP contribution in [-0.4, -0.2) is 54.9 Å². The number of unbranched alkanes of at least 4 members (excludes halogenated alkanes) is 2. The van der Waals surface area contributed by atoms with Gasteiger partial charge < -0.3 is 28.5 Å². The summed E-state index contributed by atoms with van der Waals surface area (Å²) in [6, 6.07) is 0.734. The van der Waals surface area contributed by atoms with Crippen LogP contribution < -0.4 is 4.89 Å². The number of allylic oxidation sites excluding steroid dienone is 4. The molecular weight excluding hydrogens is 470 g/mol. The zero-order valence-electron chi connectivity index (χ0n) is 20.9. The lowest BCUT2D eigenvalue weighted by Gasteiger charge is -2.32. The molecule has 0 saturated heterocycles. The van der Waals surface area contributed by atoms with Gasteiger partial charge in [0.05, 0.1) is 6.61 Å². The van der Waals surface area contributed by atoms with Gasteiger partial charge in [0.2, 0.25) is 14.2 Å². The van der Waals surface area contributed by atoms with Crippen LogP contribution >= 0.6 is 26.5 Å². The molecule has 0 fully saturated rings. The third kappa shape index (κ3) is 29.7. The molecule has 2 atom stereocenters. The van der Waals surface area contributed by atoms with Crippen LogP contribution in [0.2, 0.25) is 0 Å². The Morgan fingerprint density at radius 3 is 2.00 bits per heavy atom. The summed E-state index contributed by atoms with van der Waals surface area (Å²) in [5, 5.41) is 8.26. The predicted octanol–water partition coefficient (Wildman–Crippen LogP) is 6.38. The SMILES string of the molecule is C/C=C/CCCO.C/C=C/CCCOP(C)(=O)[O-].[C-]#[N+]CCOP(Cl)N(C(C)C)C(C)C. The average Bonchev–Trinajstić information content (AvgIpc) is 2.68. The van der Waals surface area contributed by atoms with Crippen molar-refractivity contribution in [3.8, 4) is 0 Å². The summed E-state index contributed by atoms with van der Waals surface area (Å²) in [6.07, 6.45) is 11.5. The molecule has 0 aromatic carbocycles. The molecule has 0 aliphatic rings. The van der Waals surface area contributed by atoms with Crippen LogP contribution in [0.1, 0.15) is 67.2 Å². The number of hydrogen-bond donors (Lipinski definition) is 1. The molecule has 0 radical (unpaired) electrons. The fourth-order valence-electron chi connectivity index (χ4n) is 2.16. The topological polar surface area (TPSA) is 86.4 Å². The van der Waals surface area contributed by atoms with Gasteiger partial charge in [-0.3, -0.25) is 0 Å². The number of hydrogen-bond acceptors (Lipinski definition) is 6. The maximum Gasteiger partial charge on any atom is 0.238 e. The van der Waals surface area contributed by atoms with E-state index in [-0.39, 0.29) is 0 Å². The minimum Gasteiger partial charge on any atom is -0.779 e. The zero-order chi connectivity index (χ0) is 25.4. The number of nitrogens with zero attached hydrogens (tertiary/aromatic N) is 2. The highest BCUT2D eigenvalue weighted by atomic mass is 35.7. The van der Waals surface area contributed by atoms with E-state index >= 15 is 0 Å². The van der Waals surface area contributed by atoms with Gasteiger partial charge in [-0.1, -0.05) is 24.3 Å². The van der Waals surface area contributed by atoms with Crippen molar-refractivity contribution in [1.82, 2.24) is 4.67 Å². The lowest BCUT2D eigenvalue weighted by atomic mass is 10.3. The Hall–Kier alpha value is -0.280. The van der Waals surface area contributed by atoms with E-state index in [4.69, 9.17) is 27.4 Å². The monoisotopic (exact) mass is 513 g/mol. The molecule has 0 spiro atoms. The molecule has 0 aliphatic carbocycles. The highest BCUT2D eigenvalue weighted by Crippen LogP contribution is 2.49. The summed E-state index contributed by atoms with van der Waals surface area (Å²) in [5.41, 5.74) is 0. The van der Waals surface area contributed by atoms with Gasteiger partial charge in [-0.05, 0) is 78.5 Å². The Labute approximate surface area is 202 Å². The molecule has 0 aliphatic heterocycles. The first kappa shape index (κ1) is 36.3. The van der Waals surface area contributed by atoms with Crippen molar-refractivity contribution in [2.45, 2.75) is 79.3 Å². The molecule has 32 heavy (non-hydrogen) atoms. The fraction of sp³-hybridized carbons (Fsp3) is 0.773. The molecule has 2 unspecified atom stereocenters. The molecule has 0 bridgehead atoms. The van der Waals surface area contributed by atoms with Gasteiger partial charge in [-0.25, -0.2) is 11.2 Å². The molecule has 7 nitrogen and oxygen atoms in total. The maximum absolute atomic E-state index is 10.5. The molecule has 0 aromatic rings. The van der Waals surface area contributed by atoms with Gasteiger partial charge in [0.1, 0.15) is 14.2 Å². The Morgan fingerprint density at radius 1 is 1.12 bits per heavy atom. The van der Waals surface area contributed by atoms with Crippen LogP contribution in [0, 0.1) is 6.57 Å². The molecule has 0 amide bonds. The first-order chi connectivity index (χ1) is 15.0. The van der Waals surface area contributed by atoms with Gasteiger partial charge >= 0.3 is 0 Å². The summed E-state index contributed by atoms with van der Waals surface area (Å²) in [4.78, 5) is 13.7. The standard InChI is InChI=1S/C9H18ClN2OP.C7H15O3P.C6H12O/c1-8(2)12(9(3)4)14(10)13-7-6-11-5;1-3-4-5-6-7-10-11(2,8)9;1-2-3-4-5-6-7/h8-9H,6-7H2,1-4H3;3-4H,5-7H2,1-2H3,(H,8,9);2-3,7H,4-6H2,1H3/p-1/b;4-3+;3-2+. The van der Waals surface area contributed by atoms with E-state index in [1.807, 2.05) is 32.1 Å². The van der Waals surface area contributed by atoms with Crippen LogP contribution in [0.5, 0.6) is 0 Å². The Bertz CT molecular complexity index is 541. The second-order valence-corrected chi connectivity index (χ2v) is 11.1. The van der Waals surface area contributed by atoms with E-state index in [9.17, 15) is 9.46 Å². The summed E-state index contributed by atoms with van der Waals surface area (Å²) in [6.45, 7) is 21.4. The highest BCUT2D eigenvalue weighted by Gasteiger charge is 2.23. The maximum atomic E-state index is 10.5. The third-order valence-corrected chi connectivity index (χ3v) is 6.63.